The van der Waals surface area contributed by atoms with E-state index in [1.54, 1.807) is 11.3 Å². The van der Waals surface area contributed by atoms with Crippen molar-refractivity contribution in [2.24, 2.45) is 23.7 Å². The Balaban J connectivity index is 1.56. The van der Waals surface area contributed by atoms with Crippen LogP contribution in [0.4, 0.5) is 5.69 Å². The molecular weight excluding hydrogens is 240 g/mol. The van der Waals surface area contributed by atoms with Gasteiger partial charge < -0.3 is 4.90 Å². The number of aromatic nitrogens is 1. The molecular formula is C15H18N2S. The van der Waals surface area contributed by atoms with Gasteiger partial charge in [-0.1, -0.05) is 13.8 Å². The molecule has 0 radical (unpaired) electrons. The van der Waals surface area contributed by atoms with Crippen molar-refractivity contribution in [1.82, 2.24) is 4.98 Å². The highest BCUT2D eigenvalue weighted by molar-refractivity contribution is 7.16. The number of benzene rings is 1. The molecule has 2 atom stereocenters. The molecule has 3 heteroatoms. The maximum Gasteiger partial charge on any atom is 0.0832 e. The third-order valence-electron chi connectivity index (χ3n) is 4.71. The van der Waals surface area contributed by atoms with Crippen molar-refractivity contribution in [2.45, 2.75) is 13.8 Å². The molecule has 0 spiro atoms. The quantitative estimate of drug-likeness (QED) is 0.817. The molecule has 2 nitrogen and oxygen atoms in total. The average Bonchev–Trinajstić information content (AvgIpc) is 2.78. The van der Waals surface area contributed by atoms with Crippen LogP contribution in [0.2, 0.25) is 0 Å². The average molecular weight is 258 g/mol. The van der Waals surface area contributed by atoms with Crippen molar-refractivity contribution >= 4 is 27.2 Å². The van der Waals surface area contributed by atoms with Crippen LogP contribution in [0.25, 0.3) is 10.2 Å². The lowest BCUT2D eigenvalue weighted by molar-refractivity contribution is 0.480. The topological polar surface area (TPSA) is 16.1 Å². The molecule has 0 bridgehead atoms. The largest absolute Gasteiger partial charge is 0.371 e. The summed E-state index contributed by atoms with van der Waals surface area (Å²) in [6.07, 6.45) is 0. The zero-order valence-corrected chi connectivity index (χ0v) is 11.7. The number of fused-ring (bicyclic) bond motifs is 2. The van der Waals surface area contributed by atoms with E-state index in [9.17, 15) is 0 Å². The first-order chi connectivity index (χ1) is 8.74. The molecule has 2 heterocycles. The van der Waals surface area contributed by atoms with E-state index in [0.29, 0.717) is 0 Å². The van der Waals surface area contributed by atoms with Crippen molar-refractivity contribution in [3.8, 4) is 0 Å². The minimum Gasteiger partial charge on any atom is -0.371 e. The number of piperidine rings is 1. The van der Waals surface area contributed by atoms with Crippen LogP contribution in [0.1, 0.15) is 13.8 Å². The van der Waals surface area contributed by atoms with Crippen LogP contribution >= 0.6 is 11.3 Å². The van der Waals surface area contributed by atoms with E-state index in [4.69, 9.17) is 0 Å². The van der Waals surface area contributed by atoms with Gasteiger partial charge in [0.2, 0.25) is 0 Å². The molecule has 2 fully saturated rings. The Kier molecular flexibility index (Phi) is 2.22. The molecule has 2 aromatic rings. The molecule has 1 saturated heterocycles. The highest BCUT2D eigenvalue weighted by Crippen LogP contribution is 2.56. The molecule has 2 unspecified atom stereocenters. The van der Waals surface area contributed by atoms with Gasteiger partial charge >= 0.3 is 0 Å². The molecule has 2 aliphatic rings. The second kappa shape index (κ2) is 3.70. The van der Waals surface area contributed by atoms with Gasteiger partial charge in [-0.2, -0.15) is 0 Å². The van der Waals surface area contributed by atoms with Gasteiger partial charge in [0.1, 0.15) is 0 Å². The van der Waals surface area contributed by atoms with Gasteiger partial charge in [0.15, 0.2) is 0 Å². The standard InChI is InChI=1S/C15H18N2S/c1-9(2)15-11-6-17(7-12(11)15)10-3-4-14-13(5-10)16-8-18-14/h3-5,8-9,11-12,15H,6-7H2,1-2H3. The molecule has 1 aromatic carbocycles. The van der Waals surface area contributed by atoms with Gasteiger partial charge in [-0.25, -0.2) is 4.98 Å². The van der Waals surface area contributed by atoms with Gasteiger partial charge in [0, 0.05) is 18.8 Å². The number of anilines is 1. The summed E-state index contributed by atoms with van der Waals surface area (Å²) in [4.78, 5) is 6.96. The van der Waals surface area contributed by atoms with Crippen LogP contribution < -0.4 is 4.90 Å². The molecule has 1 saturated carbocycles. The monoisotopic (exact) mass is 258 g/mol. The van der Waals surface area contributed by atoms with Gasteiger partial charge in [-0.3, -0.25) is 0 Å². The normalized spacial score (nSPS) is 30.2. The molecule has 4 rings (SSSR count). The highest BCUT2D eigenvalue weighted by atomic mass is 32.1. The summed E-state index contributed by atoms with van der Waals surface area (Å²) >= 11 is 1.72. The van der Waals surface area contributed by atoms with Crippen molar-refractivity contribution in [2.75, 3.05) is 18.0 Å². The van der Waals surface area contributed by atoms with Crippen molar-refractivity contribution < 1.29 is 0 Å². The summed E-state index contributed by atoms with van der Waals surface area (Å²) in [7, 11) is 0. The summed E-state index contributed by atoms with van der Waals surface area (Å²) < 4.78 is 1.29. The Labute approximate surface area is 112 Å². The van der Waals surface area contributed by atoms with E-state index in [0.717, 1.165) is 29.2 Å². The third kappa shape index (κ3) is 1.50. The van der Waals surface area contributed by atoms with Crippen LogP contribution in [0.3, 0.4) is 0 Å². The van der Waals surface area contributed by atoms with Crippen LogP contribution in [0, 0.1) is 23.7 Å². The van der Waals surface area contributed by atoms with Crippen molar-refractivity contribution in [3.63, 3.8) is 0 Å². The highest BCUT2D eigenvalue weighted by Gasteiger charge is 2.56. The summed E-state index contributed by atoms with van der Waals surface area (Å²) in [6, 6.07) is 6.73. The predicted octanol–water partition coefficient (Wildman–Crippen LogP) is 3.63. The smallest absolute Gasteiger partial charge is 0.0832 e. The van der Waals surface area contributed by atoms with Gasteiger partial charge in [0.25, 0.3) is 0 Å². The number of hydrogen-bond acceptors (Lipinski definition) is 3. The Bertz CT molecular complexity index is 577. The maximum atomic E-state index is 4.42. The van der Waals surface area contributed by atoms with Gasteiger partial charge in [-0.05, 0) is 41.9 Å². The fraction of sp³-hybridized carbons (Fsp3) is 0.533. The molecule has 1 aliphatic heterocycles. The second-order valence-corrected chi connectivity index (χ2v) is 6.94. The first kappa shape index (κ1) is 10.8. The Morgan fingerprint density at radius 2 is 2.06 bits per heavy atom. The van der Waals surface area contributed by atoms with Crippen LogP contribution in [0.5, 0.6) is 0 Å². The minimum absolute atomic E-state index is 0.864. The Morgan fingerprint density at radius 1 is 1.28 bits per heavy atom. The number of hydrogen-bond donors (Lipinski definition) is 0. The SMILES string of the molecule is CC(C)C1C2CN(c3ccc4scnc4c3)CC21. The molecule has 18 heavy (non-hydrogen) atoms. The van der Waals surface area contributed by atoms with E-state index >= 15 is 0 Å². The van der Waals surface area contributed by atoms with Crippen LogP contribution in [-0.2, 0) is 0 Å². The molecule has 94 valence electrons. The zero-order chi connectivity index (χ0) is 12.3. The minimum atomic E-state index is 0.864. The summed E-state index contributed by atoms with van der Waals surface area (Å²) in [5, 5.41) is 0. The molecule has 0 amide bonds. The predicted molar refractivity (Wildman–Crippen MR) is 77.1 cm³/mol. The fourth-order valence-electron chi connectivity index (χ4n) is 3.81. The zero-order valence-electron chi connectivity index (χ0n) is 10.8. The molecule has 0 N–H and O–H groups in total. The van der Waals surface area contributed by atoms with Gasteiger partial charge in [0.05, 0.1) is 15.7 Å². The van der Waals surface area contributed by atoms with E-state index in [1.165, 1.54) is 23.5 Å². The maximum absolute atomic E-state index is 4.42. The summed E-state index contributed by atoms with van der Waals surface area (Å²) in [6.45, 7) is 7.25. The number of nitrogens with zero attached hydrogens (tertiary/aromatic N) is 2. The van der Waals surface area contributed by atoms with E-state index in [2.05, 4.69) is 41.9 Å². The first-order valence-corrected chi connectivity index (χ1v) is 7.70. The van der Waals surface area contributed by atoms with Crippen molar-refractivity contribution in [1.29, 1.82) is 0 Å². The Hall–Kier alpha value is -1.09. The van der Waals surface area contributed by atoms with Crippen LogP contribution in [-0.4, -0.2) is 18.1 Å². The summed E-state index contributed by atoms with van der Waals surface area (Å²) in [5.41, 5.74) is 4.45. The van der Waals surface area contributed by atoms with E-state index in [1.807, 2.05) is 5.51 Å². The van der Waals surface area contributed by atoms with Crippen molar-refractivity contribution in [3.05, 3.63) is 23.7 Å². The van der Waals surface area contributed by atoms with Gasteiger partial charge in [-0.15, -0.1) is 11.3 Å². The first-order valence-electron chi connectivity index (χ1n) is 6.82. The summed E-state index contributed by atoms with van der Waals surface area (Å²) in [5.74, 6) is 3.76. The lowest BCUT2D eigenvalue weighted by atomic mass is 10.0. The molecule has 1 aliphatic carbocycles. The van der Waals surface area contributed by atoms with E-state index in [-0.39, 0.29) is 0 Å². The van der Waals surface area contributed by atoms with E-state index < -0.39 is 0 Å². The van der Waals surface area contributed by atoms with Crippen LogP contribution in [0.15, 0.2) is 23.7 Å². The second-order valence-electron chi connectivity index (χ2n) is 6.06. The Morgan fingerprint density at radius 3 is 2.78 bits per heavy atom. The molecule has 1 aromatic heterocycles. The third-order valence-corrected chi connectivity index (χ3v) is 5.52. The number of thiazole rings is 1. The fourth-order valence-corrected chi connectivity index (χ4v) is 4.47. The lowest BCUT2D eigenvalue weighted by Crippen LogP contribution is -2.24. The lowest BCUT2D eigenvalue weighted by Gasteiger charge is -2.23. The number of rotatable bonds is 2.